The van der Waals surface area contributed by atoms with Crippen molar-refractivity contribution in [3.63, 3.8) is 0 Å². The maximum Gasteiger partial charge on any atom is 0.303 e. The molecule has 0 spiro atoms. The van der Waals surface area contributed by atoms with Gasteiger partial charge in [0.2, 0.25) is 0 Å². The van der Waals surface area contributed by atoms with Gasteiger partial charge in [0.05, 0.1) is 0 Å². The van der Waals surface area contributed by atoms with Crippen LogP contribution in [0.2, 0.25) is 0 Å². The Morgan fingerprint density at radius 1 is 1.03 bits per heavy atom. The maximum atomic E-state index is 12.7. The molecule has 0 bridgehead atoms. The van der Waals surface area contributed by atoms with Crippen LogP contribution in [-0.2, 0) is 11.2 Å². The smallest absolute Gasteiger partial charge is 0.303 e. The van der Waals surface area contributed by atoms with Crippen molar-refractivity contribution < 1.29 is 14.7 Å². The van der Waals surface area contributed by atoms with Crippen LogP contribution in [0.4, 0.5) is 0 Å². The van der Waals surface area contributed by atoms with E-state index < -0.39 is 5.97 Å². The molecule has 6 nitrogen and oxygen atoms in total. The number of amides is 1. The van der Waals surface area contributed by atoms with Crippen molar-refractivity contribution >= 4 is 34.6 Å². The van der Waals surface area contributed by atoms with Gasteiger partial charge in [-0.2, -0.15) is 0 Å². The summed E-state index contributed by atoms with van der Waals surface area (Å²) in [6.07, 6.45) is 11.3. The minimum absolute atomic E-state index is 0.0804. The van der Waals surface area contributed by atoms with E-state index in [1.165, 1.54) is 6.42 Å². The second kappa shape index (κ2) is 13.5. The van der Waals surface area contributed by atoms with E-state index in [2.05, 4.69) is 29.1 Å². The number of carboxylic acid groups (broad SMARTS) is 1. The maximum absolute atomic E-state index is 12.7. The Morgan fingerprint density at radius 3 is 2.30 bits per heavy atom. The van der Waals surface area contributed by atoms with E-state index in [0.717, 1.165) is 66.3 Å². The second-order valence-electron chi connectivity index (χ2n) is 7.95. The summed E-state index contributed by atoms with van der Waals surface area (Å²) in [6.45, 7) is 4.97. The van der Waals surface area contributed by atoms with Gasteiger partial charge in [-0.05, 0) is 25.2 Å². The van der Waals surface area contributed by atoms with Crippen molar-refractivity contribution in [1.82, 2.24) is 15.3 Å². The average molecular weight is 452 g/mol. The number of rotatable bonds is 15. The molecule has 2 N–H and O–H groups in total. The first-order chi connectivity index (χ1) is 14.5. The van der Waals surface area contributed by atoms with Gasteiger partial charge in [0.15, 0.2) is 10.0 Å². The minimum atomic E-state index is -0.703. The van der Waals surface area contributed by atoms with Crippen molar-refractivity contribution in [2.45, 2.75) is 78.1 Å². The number of hydrogen-bond donors (Lipinski definition) is 2. The Bertz CT molecular complexity index is 773. The number of hydrogen-bond acceptors (Lipinski definition) is 6. The van der Waals surface area contributed by atoms with Gasteiger partial charge >= 0.3 is 5.97 Å². The van der Waals surface area contributed by atoms with Crippen LogP contribution in [0.15, 0.2) is 11.6 Å². The predicted octanol–water partition coefficient (Wildman–Crippen LogP) is 5.79. The number of nitrogens with zero attached hydrogens (tertiary/aromatic N) is 2. The van der Waals surface area contributed by atoms with Crippen LogP contribution in [-0.4, -0.2) is 33.5 Å². The molecule has 2 aromatic heterocycles. The summed E-state index contributed by atoms with van der Waals surface area (Å²) in [5.41, 5.74) is 0.556. The summed E-state index contributed by atoms with van der Waals surface area (Å²) >= 11 is 3.12. The predicted molar refractivity (Wildman–Crippen MR) is 123 cm³/mol. The zero-order valence-corrected chi connectivity index (χ0v) is 19.6. The first-order valence-corrected chi connectivity index (χ1v) is 12.6. The highest BCUT2D eigenvalue weighted by atomic mass is 32.1. The number of thiazole rings is 2. The molecule has 0 unspecified atom stereocenters. The first-order valence-electron chi connectivity index (χ1n) is 10.9. The molecule has 30 heavy (non-hydrogen) atoms. The Balaban J connectivity index is 1.67. The lowest BCUT2D eigenvalue weighted by molar-refractivity contribution is -0.137. The normalized spacial score (nSPS) is 11.2. The van der Waals surface area contributed by atoms with E-state index in [0.29, 0.717) is 18.2 Å². The highest BCUT2D eigenvalue weighted by molar-refractivity contribution is 7.20. The molecule has 2 rings (SSSR count). The molecule has 2 heterocycles. The van der Waals surface area contributed by atoms with Crippen LogP contribution in [0.5, 0.6) is 0 Å². The van der Waals surface area contributed by atoms with Gasteiger partial charge in [0, 0.05) is 29.4 Å². The van der Waals surface area contributed by atoms with E-state index in [1.807, 2.05) is 5.38 Å². The zero-order chi connectivity index (χ0) is 21.8. The van der Waals surface area contributed by atoms with E-state index in [1.54, 1.807) is 28.9 Å². The van der Waals surface area contributed by atoms with Gasteiger partial charge in [-0.15, -0.1) is 22.7 Å². The molecule has 0 atom stereocenters. The zero-order valence-electron chi connectivity index (χ0n) is 18.0. The lowest BCUT2D eigenvalue weighted by Crippen LogP contribution is -2.25. The third kappa shape index (κ3) is 8.92. The number of carboxylic acids is 1. The molecule has 0 radical (unpaired) electrons. The van der Waals surface area contributed by atoms with Crippen LogP contribution in [0.25, 0.3) is 10.0 Å². The fourth-order valence-electron chi connectivity index (χ4n) is 3.21. The molecule has 0 saturated heterocycles. The Hall–Kier alpha value is -1.80. The highest BCUT2D eigenvalue weighted by Gasteiger charge is 2.20. The van der Waals surface area contributed by atoms with Crippen LogP contribution < -0.4 is 5.32 Å². The third-order valence-corrected chi connectivity index (χ3v) is 6.72. The summed E-state index contributed by atoms with van der Waals surface area (Å²) in [6, 6.07) is 0. The molecular formula is C22H33N3O3S2. The Kier molecular flexibility index (Phi) is 11.0. The number of carbonyl (C=O) groups excluding carboxylic acids is 1. The van der Waals surface area contributed by atoms with E-state index in [-0.39, 0.29) is 12.3 Å². The number of aliphatic carboxylic acids is 1. The summed E-state index contributed by atoms with van der Waals surface area (Å²) in [5, 5.41) is 15.3. The van der Waals surface area contributed by atoms with Gasteiger partial charge in [-0.25, -0.2) is 9.97 Å². The van der Waals surface area contributed by atoms with Crippen LogP contribution >= 0.6 is 22.7 Å². The highest BCUT2D eigenvalue weighted by Crippen LogP contribution is 2.31. The van der Waals surface area contributed by atoms with Crippen molar-refractivity contribution in [3.05, 3.63) is 22.1 Å². The van der Waals surface area contributed by atoms with Gasteiger partial charge in [-0.3, -0.25) is 9.59 Å². The topological polar surface area (TPSA) is 92.2 Å². The molecule has 8 heteroatoms. The van der Waals surface area contributed by atoms with Crippen LogP contribution in [0, 0.1) is 5.92 Å². The fraction of sp³-hybridized carbons (Fsp3) is 0.636. The standard InChI is InChI=1S/C22H33N3O3S2/c1-16(2)15-17-19(25-22(30-17)21-24-13-14-29-21)20(28)23-12-10-8-6-4-3-5-7-9-11-18(26)27/h13-14,16H,3-12,15H2,1-2H3,(H,23,28)(H,26,27). The largest absolute Gasteiger partial charge is 0.481 e. The van der Waals surface area contributed by atoms with E-state index >= 15 is 0 Å². The van der Waals surface area contributed by atoms with Gasteiger partial charge in [0.25, 0.3) is 5.91 Å². The van der Waals surface area contributed by atoms with Crippen LogP contribution in [0.3, 0.4) is 0 Å². The fourth-order valence-corrected chi connectivity index (χ4v) is 5.16. The first kappa shape index (κ1) is 24.5. The molecule has 0 fully saturated rings. The third-order valence-electron chi connectivity index (χ3n) is 4.72. The molecule has 1 amide bonds. The van der Waals surface area contributed by atoms with Gasteiger partial charge < -0.3 is 10.4 Å². The monoisotopic (exact) mass is 451 g/mol. The molecule has 0 saturated carbocycles. The second-order valence-corrected chi connectivity index (χ2v) is 9.93. The van der Waals surface area contributed by atoms with Crippen molar-refractivity contribution in [3.8, 4) is 10.0 Å². The Labute approximate surface area is 187 Å². The number of aromatic nitrogens is 2. The summed E-state index contributed by atoms with van der Waals surface area (Å²) in [4.78, 5) is 33.1. The lowest BCUT2D eigenvalue weighted by Gasteiger charge is -2.07. The number of unbranched alkanes of at least 4 members (excludes halogenated alkanes) is 7. The molecule has 0 aliphatic heterocycles. The molecule has 0 aliphatic rings. The molecule has 0 aromatic carbocycles. The molecule has 2 aromatic rings. The Morgan fingerprint density at radius 2 is 1.70 bits per heavy atom. The average Bonchev–Trinajstić information content (AvgIpc) is 3.35. The van der Waals surface area contributed by atoms with Crippen molar-refractivity contribution in [2.75, 3.05) is 6.54 Å². The van der Waals surface area contributed by atoms with E-state index in [9.17, 15) is 9.59 Å². The number of carbonyl (C=O) groups is 2. The van der Waals surface area contributed by atoms with Gasteiger partial charge in [0.1, 0.15) is 5.69 Å². The lowest BCUT2D eigenvalue weighted by atomic mass is 10.1. The SMILES string of the molecule is CC(C)Cc1sc(-c2nccs2)nc1C(=O)NCCCCCCCCCCC(=O)O. The minimum Gasteiger partial charge on any atom is -0.481 e. The van der Waals surface area contributed by atoms with E-state index in [4.69, 9.17) is 5.11 Å². The molecule has 0 aliphatic carbocycles. The number of nitrogens with one attached hydrogen (secondary N) is 1. The summed E-state index contributed by atoms with van der Waals surface area (Å²) in [5.74, 6) is -0.321. The quantitative estimate of drug-likeness (QED) is 0.334. The molecule has 166 valence electrons. The van der Waals surface area contributed by atoms with Crippen LogP contribution in [0.1, 0.15) is 87.0 Å². The molecular weight excluding hydrogens is 418 g/mol. The summed E-state index contributed by atoms with van der Waals surface area (Å²) in [7, 11) is 0. The van der Waals surface area contributed by atoms with Crippen molar-refractivity contribution in [2.24, 2.45) is 5.92 Å². The van der Waals surface area contributed by atoms with Gasteiger partial charge in [-0.1, -0.05) is 52.4 Å². The van der Waals surface area contributed by atoms with Crippen molar-refractivity contribution in [1.29, 1.82) is 0 Å². The summed E-state index contributed by atoms with van der Waals surface area (Å²) < 4.78 is 0.